The summed E-state index contributed by atoms with van der Waals surface area (Å²) in [5.41, 5.74) is 9.57. The number of rotatable bonds is 4. The highest BCUT2D eigenvalue weighted by atomic mass is 16.5. The number of aromatic nitrogens is 4. The minimum absolute atomic E-state index is 0.378. The Kier molecular flexibility index (Phi) is 5.16. The van der Waals surface area contributed by atoms with Crippen LogP contribution < -0.4 is 10.6 Å². The van der Waals surface area contributed by atoms with Crippen LogP contribution in [0.5, 0.6) is 0 Å². The molecule has 9 heteroatoms. The number of esters is 1. The van der Waals surface area contributed by atoms with Gasteiger partial charge in [-0.15, -0.1) is 0 Å². The van der Waals surface area contributed by atoms with Crippen molar-refractivity contribution in [2.75, 3.05) is 44.0 Å². The van der Waals surface area contributed by atoms with E-state index in [0.717, 1.165) is 30.1 Å². The molecule has 4 heterocycles. The van der Waals surface area contributed by atoms with Crippen LogP contribution in [0, 0.1) is 0 Å². The third-order valence-electron chi connectivity index (χ3n) is 5.45. The molecule has 0 amide bonds. The van der Waals surface area contributed by atoms with Crippen molar-refractivity contribution in [3.63, 3.8) is 0 Å². The quantitative estimate of drug-likeness (QED) is 0.492. The lowest BCUT2D eigenvalue weighted by molar-refractivity contribution is 0.0600. The molecule has 0 saturated carbocycles. The molecule has 4 aromatic rings. The van der Waals surface area contributed by atoms with Crippen LogP contribution in [0.1, 0.15) is 10.4 Å². The first-order valence-corrected chi connectivity index (χ1v) is 10.3. The van der Waals surface area contributed by atoms with Crippen LogP contribution in [-0.2, 0) is 9.47 Å². The molecule has 0 bridgehead atoms. The van der Waals surface area contributed by atoms with Crippen LogP contribution in [0.3, 0.4) is 0 Å². The summed E-state index contributed by atoms with van der Waals surface area (Å²) in [5.74, 6) is 1.47. The van der Waals surface area contributed by atoms with E-state index in [1.807, 2.05) is 41.0 Å². The Morgan fingerprint density at radius 3 is 2.56 bits per heavy atom. The predicted molar refractivity (Wildman–Crippen MR) is 121 cm³/mol. The Labute approximate surface area is 184 Å². The van der Waals surface area contributed by atoms with Gasteiger partial charge in [0.05, 0.1) is 31.5 Å². The van der Waals surface area contributed by atoms with E-state index in [1.165, 1.54) is 7.11 Å². The van der Waals surface area contributed by atoms with Crippen LogP contribution in [0.2, 0.25) is 0 Å². The highest BCUT2D eigenvalue weighted by molar-refractivity contribution is 5.90. The van der Waals surface area contributed by atoms with E-state index in [-0.39, 0.29) is 0 Å². The summed E-state index contributed by atoms with van der Waals surface area (Å²) in [7, 11) is 1.36. The van der Waals surface area contributed by atoms with Gasteiger partial charge in [-0.3, -0.25) is 4.57 Å². The Morgan fingerprint density at radius 2 is 1.84 bits per heavy atom. The van der Waals surface area contributed by atoms with Gasteiger partial charge in [0.2, 0.25) is 0 Å². The van der Waals surface area contributed by atoms with Crippen LogP contribution >= 0.6 is 0 Å². The van der Waals surface area contributed by atoms with Crippen LogP contribution in [0.15, 0.2) is 54.7 Å². The van der Waals surface area contributed by atoms with Gasteiger partial charge in [0.1, 0.15) is 17.2 Å². The average molecular weight is 430 g/mol. The smallest absolute Gasteiger partial charge is 0.337 e. The number of imidazole rings is 1. The van der Waals surface area contributed by atoms with E-state index in [4.69, 9.17) is 25.2 Å². The molecule has 1 aliphatic heterocycles. The number of nitrogens with zero attached hydrogens (tertiary/aromatic N) is 5. The summed E-state index contributed by atoms with van der Waals surface area (Å²) >= 11 is 0. The van der Waals surface area contributed by atoms with E-state index in [0.29, 0.717) is 41.6 Å². The lowest BCUT2D eigenvalue weighted by Crippen LogP contribution is -2.36. The molecule has 1 saturated heterocycles. The first kappa shape index (κ1) is 20.0. The van der Waals surface area contributed by atoms with Gasteiger partial charge in [-0.2, -0.15) is 0 Å². The molecule has 3 aromatic heterocycles. The number of carbonyl (C=O) groups is 1. The maximum Gasteiger partial charge on any atom is 0.337 e. The molecule has 162 valence electrons. The number of ether oxygens (including phenoxy) is 2. The van der Waals surface area contributed by atoms with Crippen molar-refractivity contribution < 1.29 is 14.3 Å². The van der Waals surface area contributed by atoms with Gasteiger partial charge in [-0.1, -0.05) is 0 Å². The lowest BCUT2D eigenvalue weighted by atomic mass is 10.2. The first-order chi connectivity index (χ1) is 15.7. The van der Waals surface area contributed by atoms with Crippen molar-refractivity contribution in [2.45, 2.75) is 0 Å². The predicted octanol–water partition coefficient (Wildman–Crippen LogP) is 2.69. The van der Waals surface area contributed by atoms with Gasteiger partial charge < -0.3 is 20.1 Å². The monoisotopic (exact) mass is 430 g/mol. The standard InChI is InChI=1S/C23H22N6O3/c1-31-23(30)15-4-6-16(7-5-15)29-21(17-3-2-10-25-20(17)24)26-18-8-9-19(27-22(18)29)28-11-13-32-14-12-28/h2-10H,11-14H2,1H3,(H2,24,25). The SMILES string of the molecule is COC(=O)c1ccc(-n2c(-c3cccnc3N)nc3ccc(N4CCOCC4)nc32)cc1. The topological polar surface area (TPSA) is 108 Å². The number of fused-ring (bicyclic) bond motifs is 1. The molecular weight excluding hydrogens is 408 g/mol. The van der Waals surface area contributed by atoms with E-state index >= 15 is 0 Å². The number of nitrogen functional groups attached to an aromatic ring is 1. The van der Waals surface area contributed by atoms with E-state index < -0.39 is 5.97 Å². The normalized spacial score (nSPS) is 14.0. The number of hydrogen-bond donors (Lipinski definition) is 1. The number of methoxy groups -OCH3 is 1. The summed E-state index contributed by atoms with van der Waals surface area (Å²) in [4.78, 5) is 28.1. The van der Waals surface area contributed by atoms with Crippen molar-refractivity contribution in [3.8, 4) is 17.1 Å². The summed E-state index contributed by atoms with van der Waals surface area (Å²) in [6, 6.07) is 14.8. The second kappa shape index (κ2) is 8.27. The van der Waals surface area contributed by atoms with Crippen molar-refractivity contribution in [2.24, 2.45) is 0 Å². The largest absolute Gasteiger partial charge is 0.465 e. The molecule has 2 N–H and O–H groups in total. The molecule has 1 aliphatic rings. The van der Waals surface area contributed by atoms with E-state index in [2.05, 4.69) is 9.88 Å². The zero-order valence-corrected chi connectivity index (χ0v) is 17.6. The van der Waals surface area contributed by atoms with E-state index in [9.17, 15) is 4.79 Å². The fourth-order valence-corrected chi connectivity index (χ4v) is 3.81. The Bertz CT molecular complexity index is 1280. The molecule has 9 nitrogen and oxygen atoms in total. The first-order valence-electron chi connectivity index (χ1n) is 10.3. The molecule has 32 heavy (non-hydrogen) atoms. The van der Waals surface area contributed by atoms with Crippen LogP contribution in [-0.4, -0.2) is 58.9 Å². The minimum atomic E-state index is -0.392. The molecule has 0 atom stereocenters. The van der Waals surface area contributed by atoms with Gasteiger partial charge in [0.25, 0.3) is 0 Å². The molecule has 5 rings (SSSR count). The highest BCUT2D eigenvalue weighted by Crippen LogP contribution is 2.31. The van der Waals surface area contributed by atoms with Crippen molar-refractivity contribution in [1.29, 1.82) is 0 Å². The molecule has 0 spiro atoms. The summed E-state index contributed by atoms with van der Waals surface area (Å²) < 4.78 is 12.2. The number of anilines is 2. The zero-order chi connectivity index (χ0) is 22.1. The van der Waals surface area contributed by atoms with Crippen LogP contribution in [0.25, 0.3) is 28.2 Å². The summed E-state index contributed by atoms with van der Waals surface area (Å²) in [6.07, 6.45) is 1.64. The number of nitrogens with two attached hydrogens (primary N) is 1. The lowest BCUT2D eigenvalue weighted by Gasteiger charge is -2.27. The minimum Gasteiger partial charge on any atom is -0.465 e. The van der Waals surface area contributed by atoms with Crippen LogP contribution in [0.4, 0.5) is 11.6 Å². The van der Waals surface area contributed by atoms with E-state index in [1.54, 1.807) is 18.3 Å². The van der Waals surface area contributed by atoms with Gasteiger partial charge in [0.15, 0.2) is 11.5 Å². The van der Waals surface area contributed by atoms with Crippen molar-refractivity contribution in [3.05, 3.63) is 60.3 Å². The third kappa shape index (κ3) is 3.52. The van der Waals surface area contributed by atoms with Gasteiger partial charge in [-0.25, -0.2) is 19.7 Å². The van der Waals surface area contributed by atoms with Gasteiger partial charge >= 0.3 is 5.97 Å². The number of pyridine rings is 2. The second-order valence-corrected chi connectivity index (χ2v) is 7.36. The molecule has 0 aliphatic carbocycles. The molecular formula is C23H22N6O3. The Morgan fingerprint density at radius 1 is 1.06 bits per heavy atom. The Balaban J connectivity index is 1.70. The molecule has 1 aromatic carbocycles. The number of morpholine rings is 1. The number of carbonyl (C=O) groups excluding carboxylic acids is 1. The molecule has 1 fully saturated rings. The Hall–Kier alpha value is -3.98. The maximum absolute atomic E-state index is 11.9. The molecule has 0 radical (unpaired) electrons. The number of hydrogen-bond acceptors (Lipinski definition) is 8. The highest BCUT2D eigenvalue weighted by Gasteiger charge is 2.20. The van der Waals surface area contributed by atoms with Crippen molar-refractivity contribution in [1.82, 2.24) is 19.5 Å². The summed E-state index contributed by atoms with van der Waals surface area (Å²) in [6.45, 7) is 2.91. The third-order valence-corrected chi connectivity index (χ3v) is 5.45. The van der Waals surface area contributed by atoms with Gasteiger partial charge in [0, 0.05) is 25.0 Å². The molecule has 0 unspecified atom stereocenters. The second-order valence-electron chi connectivity index (χ2n) is 7.36. The average Bonchev–Trinajstić information content (AvgIpc) is 3.23. The fourth-order valence-electron chi connectivity index (χ4n) is 3.81. The van der Waals surface area contributed by atoms with Crippen molar-refractivity contribution >= 4 is 28.8 Å². The fraction of sp³-hybridized carbons (Fsp3) is 0.217. The summed E-state index contributed by atoms with van der Waals surface area (Å²) in [5, 5.41) is 0. The van der Waals surface area contributed by atoms with Gasteiger partial charge in [-0.05, 0) is 48.5 Å². The zero-order valence-electron chi connectivity index (χ0n) is 17.6. The maximum atomic E-state index is 11.9. The number of benzene rings is 1.